The Labute approximate surface area is 159 Å². The summed E-state index contributed by atoms with van der Waals surface area (Å²) in [7, 11) is 2.06. The van der Waals surface area contributed by atoms with Gasteiger partial charge in [-0.3, -0.25) is 14.5 Å². The lowest BCUT2D eigenvalue weighted by molar-refractivity contribution is -0.910. The second-order valence-corrected chi connectivity index (χ2v) is 8.08. The number of hydrogen-bond donors (Lipinski definition) is 2. The summed E-state index contributed by atoms with van der Waals surface area (Å²) in [4.78, 5) is 29.0. The Morgan fingerprint density at radius 3 is 2.78 bits per heavy atom. The largest absolute Gasteiger partial charge is 0.350 e. The van der Waals surface area contributed by atoms with E-state index in [-0.39, 0.29) is 11.8 Å². The molecule has 2 atom stereocenters. The predicted molar refractivity (Wildman–Crippen MR) is 105 cm³/mol. The van der Waals surface area contributed by atoms with Gasteiger partial charge in [0, 0.05) is 26.1 Å². The van der Waals surface area contributed by atoms with Gasteiger partial charge < -0.3 is 14.8 Å². The van der Waals surface area contributed by atoms with Gasteiger partial charge >= 0.3 is 0 Å². The number of anilines is 2. The number of likely N-dealkylation sites (tertiary alicyclic amines) is 1. The van der Waals surface area contributed by atoms with Crippen molar-refractivity contribution in [2.45, 2.75) is 38.3 Å². The quantitative estimate of drug-likeness (QED) is 0.864. The number of quaternary nitrogens is 1. The molecule has 2 amide bonds. The number of hydrogen-bond acceptors (Lipinski definition) is 2. The second kappa shape index (κ2) is 6.53. The van der Waals surface area contributed by atoms with Gasteiger partial charge in [0.1, 0.15) is 11.6 Å². The molecule has 2 aliphatic heterocycles. The van der Waals surface area contributed by atoms with Gasteiger partial charge in [-0.1, -0.05) is 12.1 Å². The summed E-state index contributed by atoms with van der Waals surface area (Å²) in [6.07, 6.45) is 4.25. The zero-order valence-electron chi connectivity index (χ0n) is 16.2. The monoisotopic (exact) mass is 367 g/mol. The molecule has 0 bridgehead atoms. The molecular formula is C21H27N4O2+. The molecule has 0 spiro atoms. The maximum atomic E-state index is 13.4. The third-order valence-corrected chi connectivity index (χ3v) is 5.96. The molecule has 27 heavy (non-hydrogen) atoms. The summed E-state index contributed by atoms with van der Waals surface area (Å²) in [5, 5.41) is 2.92. The van der Waals surface area contributed by atoms with Crippen molar-refractivity contribution in [2.24, 2.45) is 7.05 Å². The summed E-state index contributed by atoms with van der Waals surface area (Å²) in [5.74, 6) is -0.150. The van der Waals surface area contributed by atoms with E-state index in [2.05, 4.69) is 35.3 Å². The summed E-state index contributed by atoms with van der Waals surface area (Å²) >= 11 is 0. The van der Waals surface area contributed by atoms with Gasteiger partial charge in [0.2, 0.25) is 5.91 Å². The van der Waals surface area contributed by atoms with E-state index in [1.807, 2.05) is 38.1 Å². The van der Waals surface area contributed by atoms with Gasteiger partial charge in [-0.05, 0) is 38.1 Å². The van der Waals surface area contributed by atoms with E-state index in [1.54, 1.807) is 4.90 Å². The minimum atomic E-state index is -0.912. The molecule has 1 saturated heterocycles. The van der Waals surface area contributed by atoms with Crippen LogP contribution < -0.4 is 15.1 Å². The first kappa shape index (κ1) is 17.8. The number of amides is 2. The highest BCUT2D eigenvalue weighted by molar-refractivity contribution is 6.14. The van der Waals surface area contributed by atoms with Gasteiger partial charge in [-0.25, -0.2) is 0 Å². The van der Waals surface area contributed by atoms with Crippen molar-refractivity contribution in [1.29, 1.82) is 0 Å². The Morgan fingerprint density at radius 2 is 2.04 bits per heavy atom. The lowest BCUT2D eigenvalue weighted by atomic mass is 9.96. The van der Waals surface area contributed by atoms with E-state index in [1.165, 1.54) is 10.6 Å². The van der Waals surface area contributed by atoms with E-state index in [0.717, 1.165) is 25.1 Å². The van der Waals surface area contributed by atoms with Gasteiger partial charge in [-0.2, -0.15) is 0 Å². The van der Waals surface area contributed by atoms with Gasteiger partial charge in [-0.15, -0.1) is 0 Å². The number of nitrogens with one attached hydrogen (secondary N) is 2. The number of fused-ring (bicyclic) bond motifs is 1. The van der Waals surface area contributed by atoms with Crippen LogP contribution in [0.3, 0.4) is 0 Å². The van der Waals surface area contributed by atoms with Crippen LogP contribution in [0, 0.1) is 0 Å². The topological polar surface area (TPSA) is 58.8 Å². The molecule has 1 aromatic heterocycles. The van der Waals surface area contributed by atoms with Crippen LogP contribution in [-0.2, 0) is 16.6 Å². The van der Waals surface area contributed by atoms with Crippen molar-refractivity contribution < 1.29 is 14.5 Å². The average Bonchev–Trinajstić information content (AvgIpc) is 3.24. The van der Waals surface area contributed by atoms with Crippen LogP contribution in [0.5, 0.6) is 0 Å². The van der Waals surface area contributed by atoms with Crippen molar-refractivity contribution in [1.82, 2.24) is 4.57 Å². The Bertz CT molecular complexity index is 886. The second-order valence-electron chi connectivity index (χ2n) is 8.08. The van der Waals surface area contributed by atoms with Crippen LogP contribution in [-0.4, -0.2) is 35.0 Å². The lowest BCUT2D eigenvalue weighted by Gasteiger charge is -2.42. The van der Waals surface area contributed by atoms with Crippen LogP contribution >= 0.6 is 0 Å². The number of aromatic nitrogens is 1. The molecule has 1 aromatic carbocycles. The highest BCUT2D eigenvalue weighted by Gasteiger charge is 2.45. The number of rotatable bonds is 3. The number of carbonyl (C=O) groups excluding carboxylic acids is 2. The maximum Gasteiger partial charge on any atom is 0.283 e. The summed E-state index contributed by atoms with van der Waals surface area (Å²) in [5.41, 5.74) is 1.84. The molecule has 0 radical (unpaired) electrons. The molecule has 0 aliphatic carbocycles. The van der Waals surface area contributed by atoms with Crippen molar-refractivity contribution in [3.63, 3.8) is 0 Å². The molecule has 4 rings (SSSR count). The van der Waals surface area contributed by atoms with Crippen LogP contribution in [0.4, 0.5) is 11.4 Å². The number of para-hydroxylation sites is 2. The van der Waals surface area contributed by atoms with Crippen molar-refractivity contribution in [3.05, 3.63) is 48.3 Å². The van der Waals surface area contributed by atoms with E-state index in [4.69, 9.17) is 0 Å². The molecule has 6 nitrogen and oxygen atoms in total. The van der Waals surface area contributed by atoms with E-state index in [9.17, 15) is 9.59 Å². The van der Waals surface area contributed by atoms with Crippen molar-refractivity contribution in [2.75, 3.05) is 23.3 Å². The highest BCUT2D eigenvalue weighted by atomic mass is 16.2. The van der Waals surface area contributed by atoms with Crippen LogP contribution in [0.25, 0.3) is 0 Å². The Kier molecular flexibility index (Phi) is 4.30. The minimum Gasteiger partial charge on any atom is -0.350 e. The summed E-state index contributed by atoms with van der Waals surface area (Å²) in [6.45, 7) is 4.99. The predicted octanol–water partition coefficient (Wildman–Crippen LogP) is 1.51. The van der Waals surface area contributed by atoms with Crippen LogP contribution in [0.1, 0.15) is 38.4 Å². The fourth-order valence-corrected chi connectivity index (χ4v) is 4.49. The van der Waals surface area contributed by atoms with Crippen molar-refractivity contribution >= 4 is 23.2 Å². The number of nitrogens with zero attached hydrogens (tertiary/aromatic N) is 2. The Balaban J connectivity index is 1.62. The first-order valence-corrected chi connectivity index (χ1v) is 9.59. The number of aryl methyl sites for hydroxylation is 1. The first-order valence-electron chi connectivity index (χ1n) is 9.59. The fourth-order valence-electron chi connectivity index (χ4n) is 4.49. The van der Waals surface area contributed by atoms with Gasteiger partial charge in [0.25, 0.3) is 5.91 Å². The highest BCUT2D eigenvalue weighted by Crippen LogP contribution is 2.36. The van der Waals surface area contributed by atoms with Gasteiger partial charge in [0.15, 0.2) is 6.54 Å². The molecule has 6 heteroatoms. The molecule has 2 aromatic rings. The van der Waals surface area contributed by atoms with Crippen LogP contribution in [0.2, 0.25) is 0 Å². The first-order chi connectivity index (χ1) is 12.9. The Morgan fingerprint density at radius 1 is 1.26 bits per heavy atom. The summed E-state index contributed by atoms with van der Waals surface area (Å²) in [6, 6.07) is 12.1. The summed E-state index contributed by atoms with van der Waals surface area (Å²) < 4.78 is 2.15. The normalized spacial score (nSPS) is 23.8. The molecule has 0 saturated carbocycles. The minimum absolute atomic E-state index is 0.00147. The zero-order valence-corrected chi connectivity index (χ0v) is 16.2. The van der Waals surface area contributed by atoms with E-state index < -0.39 is 5.54 Å². The molecule has 1 fully saturated rings. The molecule has 2 N–H and O–H groups in total. The maximum absolute atomic E-state index is 13.4. The fraction of sp³-hybridized carbons (Fsp3) is 0.429. The SMILES string of the molecule is Cn1cccc1[C@@H]1CCC[NH+]1CC(=O)N1c2ccccc2NC(=O)C1(C)C. The van der Waals surface area contributed by atoms with E-state index in [0.29, 0.717) is 18.3 Å². The molecular weight excluding hydrogens is 340 g/mol. The molecule has 3 heterocycles. The van der Waals surface area contributed by atoms with E-state index >= 15 is 0 Å². The van der Waals surface area contributed by atoms with Crippen LogP contribution in [0.15, 0.2) is 42.6 Å². The molecule has 142 valence electrons. The Hall–Kier alpha value is -2.60. The third-order valence-electron chi connectivity index (χ3n) is 5.96. The smallest absolute Gasteiger partial charge is 0.283 e. The molecule has 2 aliphatic rings. The van der Waals surface area contributed by atoms with Gasteiger partial charge in [0.05, 0.1) is 23.6 Å². The standard InChI is InChI=1S/C21H26N4O2/c1-21(2)20(27)22-15-8-4-5-9-16(15)25(21)19(26)14-24-13-7-11-18(24)17-10-6-12-23(17)3/h4-6,8-10,12,18H,7,11,13-14H2,1-3H3,(H,22,27)/p+1/t18-/m0/s1. The number of benzene rings is 1. The lowest BCUT2D eigenvalue weighted by Crippen LogP contribution is -3.11. The third kappa shape index (κ3) is 2.94. The number of carbonyl (C=O) groups is 2. The van der Waals surface area contributed by atoms with Crippen molar-refractivity contribution in [3.8, 4) is 0 Å². The average molecular weight is 367 g/mol. The zero-order chi connectivity index (χ0) is 19.2. The molecule has 1 unspecified atom stereocenters.